The SMILES string of the molecule is Cc1nc(CN(C)C(=O)c2cccc(OCc3ccccc3)c2)nc2ccccc12. The molecule has 4 rings (SSSR count). The van der Waals surface area contributed by atoms with Crippen molar-refractivity contribution in [2.75, 3.05) is 7.05 Å². The van der Waals surface area contributed by atoms with Gasteiger partial charge in [-0.15, -0.1) is 0 Å². The maximum atomic E-state index is 12.9. The lowest BCUT2D eigenvalue weighted by molar-refractivity contribution is 0.0781. The van der Waals surface area contributed by atoms with Gasteiger partial charge in [0.15, 0.2) is 0 Å². The number of carbonyl (C=O) groups excluding carboxylic acids is 1. The Hall–Kier alpha value is -3.73. The number of rotatable bonds is 6. The van der Waals surface area contributed by atoms with E-state index >= 15 is 0 Å². The first-order valence-corrected chi connectivity index (χ1v) is 9.84. The molecule has 1 amide bonds. The quantitative estimate of drug-likeness (QED) is 0.469. The van der Waals surface area contributed by atoms with E-state index in [1.807, 2.05) is 73.7 Å². The monoisotopic (exact) mass is 397 g/mol. The number of amides is 1. The van der Waals surface area contributed by atoms with Crippen LogP contribution in [0.2, 0.25) is 0 Å². The molecule has 4 aromatic rings. The maximum Gasteiger partial charge on any atom is 0.254 e. The Kier molecular flexibility index (Phi) is 5.70. The molecule has 5 heteroatoms. The molecule has 30 heavy (non-hydrogen) atoms. The zero-order chi connectivity index (χ0) is 20.9. The molecule has 0 unspecified atom stereocenters. The molecule has 1 heterocycles. The number of aromatic nitrogens is 2. The van der Waals surface area contributed by atoms with Crippen molar-refractivity contribution < 1.29 is 9.53 Å². The van der Waals surface area contributed by atoms with Crippen LogP contribution in [0.25, 0.3) is 10.9 Å². The van der Waals surface area contributed by atoms with Crippen molar-refractivity contribution in [3.8, 4) is 5.75 Å². The summed E-state index contributed by atoms with van der Waals surface area (Å²) >= 11 is 0. The van der Waals surface area contributed by atoms with Crippen LogP contribution in [0.1, 0.15) is 27.4 Å². The molecule has 1 aromatic heterocycles. The van der Waals surface area contributed by atoms with Crippen molar-refractivity contribution in [3.05, 3.63) is 102 Å². The third kappa shape index (κ3) is 4.46. The van der Waals surface area contributed by atoms with Crippen molar-refractivity contribution >= 4 is 16.8 Å². The van der Waals surface area contributed by atoms with Crippen molar-refractivity contribution in [2.45, 2.75) is 20.1 Å². The van der Waals surface area contributed by atoms with Gasteiger partial charge in [0.25, 0.3) is 5.91 Å². The van der Waals surface area contributed by atoms with Gasteiger partial charge in [-0.3, -0.25) is 4.79 Å². The van der Waals surface area contributed by atoms with Gasteiger partial charge in [0.1, 0.15) is 18.2 Å². The summed E-state index contributed by atoms with van der Waals surface area (Å²) in [6.07, 6.45) is 0. The predicted octanol–water partition coefficient (Wildman–Crippen LogP) is 4.79. The zero-order valence-electron chi connectivity index (χ0n) is 17.1. The molecule has 0 aliphatic carbocycles. The number of para-hydroxylation sites is 1. The fourth-order valence-corrected chi connectivity index (χ4v) is 3.33. The van der Waals surface area contributed by atoms with Crippen LogP contribution < -0.4 is 4.74 Å². The van der Waals surface area contributed by atoms with Gasteiger partial charge >= 0.3 is 0 Å². The molecule has 0 radical (unpaired) electrons. The number of ether oxygens (including phenoxy) is 1. The molecule has 3 aromatic carbocycles. The molecule has 0 saturated carbocycles. The number of fused-ring (bicyclic) bond motifs is 1. The van der Waals surface area contributed by atoms with E-state index in [1.165, 1.54) is 0 Å². The molecule has 0 aliphatic rings. The van der Waals surface area contributed by atoms with Crippen LogP contribution in [0.15, 0.2) is 78.9 Å². The van der Waals surface area contributed by atoms with Gasteiger partial charge in [-0.1, -0.05) is 54.6 Å². The number of hydrogen-bond acceptors (Lipinski definition) is 4. The first kappa shape index (κ1) is 19.6. The normalized spacial score (nSPS) is 10.7. The van der Waals surface area contributed by atoms with Gasteiger partial charge in [-0.05, 0) is 36.8 Å². The molecule has 0 saturated heterocycles. The lowest BCUT2D eigenvalue weighted by Crippen LogP contribution is -2.27. The second-order valence-corrected chi connectivity index (χ2v) is 7.21. The second kappa shape index (κ2) is 8.74. The Bertz CT molecular complexity index is 1180. The van der Waals surface area contributed by atoms with Crippen LogP contribution in [-0.4, -0.2) is 27.8 Å². The van der Waals surface area contributed by atoms with Crippen LogP contribution in [0.5, 0.6) is 5.75 Å². The van der Waals surface area contributed by atoms with E-state index in [1.54, 1.807) is 24.1 Å². The largest absolute Gasteiger partial charge is 0.489 e. The number of aryl methyl sites for hydroxylation is 1. The highest BCUT2D eigenvalue weighted by Crippen LogP contribution is 2.18. The van der Waals surface area contributed by atoms with E-state index in [0.29, 0.717) is 30.3 Å². The Morgan fingerprint density at radius 1 is 0.933 bits per heavy atom. The molecule has 0 spiro atoms. The highest BCUT2D eigenvalue weighted by atomic mass is 16.5. The van der Waals surface area contributed by atoms with Crippen LogP contribution in [-0.2, 0) is 13.2 Å². The molecule has 150 valence electrons. The third-order valence-electron chi connectivity index (χ3n) is 4.89. The van der Waals surface area contributed by atoms with Gasteiger partial charge in [0, 0.05) is 23.7 Å². The van der Waals surface area contributed by atoms with E-state index in [0.717, 1.165) is 22.2 Å². The third-order valence-corrected chi connectivity index (χ3v) is 4.89. The molecule has 0 bridgehead atoms. The fraction of sp³-hybridized carbons (Fsp3) is 0.160. The van der Waals surface area contributed by atoms with Crippen molar-refractivity contribution in [2.24, 2.45) is 0 Å². The van der Waals surface area contributed by atoms with Gasteiger partial charge in [-0.2, -0.15) is 0 Å². The molecular weight excluding hydrogens is 374 g/mol. The Morgan fingerprint density at radius 3 is 2.53 bits per heavy atom. The summed E-state index contributed by atoms with van der Waals surface area (Å²) < 4.78 is 5.85. The topological polar surface area (TPSA) is 55.3 Å². The van der Waals surface area contributed by atoms with Crippen LogP contribution in [0.3, 0.4) is 0 Å². The summed E-state index contributed by atoms with van der Waals surface area (Å²) in [6, 6.07) is 25.1. The lowest BCUT2D eigenvalue weighted by Gasteiger charge is -2.17. The summed E-state index contributed by atoms with van der Waals surface area (Å²) in [4.78, 5) is 23.7. The summed E-state index contributed by atoms with van der Waals surface area (Å²) in [6.45, 7) is 2.75. The van der Waals surface area contributed by atoms with Gasteiger partial charge in [-0.25, -0.2) is 9.97 Å². The average Bonchev–Trinajstić information content (AvgIpc) is 2.78. The average molecular weight is 397 g/mol. The number of nitrogens with zero attached hydrogens (tertiary/aromatic N) is 3. The molecule has 5 nitrogen and oxygen atoms in total. The Balaban J connectivity index is 1.46. The maximum absolute atomic E-state index is 12.9. The summed E-state index contributed by atoms with van der Waals surface area (Å²) in [5, 5.41) is 1.03. The number of carbonyl (C=O) groups is 1. The highest BCUT2D eigenvalue weighted by Gasteiger charge is 2.15. The van der Waals surface area contributed by atoms with Crippen LogP contribution in [0, 0.1) is 6.92 Å². The van der Waals surface area contributed by atoms with Crippen LogP contribution in [0.4, 0.5) is 0 Å². The van der Waals surface area contributed by atoms with E-state index in [4.69, 9.17) is 4.74 Å². The van der Waals surface area contributed by atoms with E-state index in [2.05, 4.69) is 9.97 Å². The molecule has 0 N–H and O–H groups in total. The standard InChI is InChI=1S/C25H23N3O2/c1-18-22-13-6-7-14-23(22)27-24(26-18)16-28(2)25(29)20-11-8-12-21(15-20)30-17-19-9-4-3-5-10-19/h3-15H,16-17H2,1-2H3. The van der Waals surface area contributed by atoms with E-state index < -0.39 is 0 Å². The lowest BCUT2D eigenvalue weighted by atomic mass is 10.2. The van der Waals surface area contributed by atoms with E-state index in [-0.39, 0.29) is 5.91 Å². The van der Waals surface area contributed by atoms with Gasteiger partial charge < -0.3 is 9.64 Å². The molecule has 0 fully saturated rings. The first-order valence-electron chi connectivity index (χ1n) is 9.84. The summed E-state index contributed by atoms with van der Waals surface area (Å²) in [5.74, 6) is 1.18. The second-order valence-electron chi connectivity index (χ2n) is 7.21. The minimum Gasteiger partial charge on any atom is -0.489 e. The minimum absolute atomic E-state index is 0.102. The van der Waals surface area contributed by atoms with Crippen LogP contribution >= 0.6 is 0 Å². The number of hydrogen-bond donors (Lipinski definition) is 0. The Morgan fingerprint density at radius 2 is 1.70 bits per heavy atom. The molecule has 0 atom stereocenters. The first-order chi connectivity index (χ1) is 14.6. The minimum atomic E-state index is -0.102. The number of benzene rings is 3. The molecular formula is C25H23N3O2. The van der Waals surface area contributed by atoms with Gasteiger partial charge in [0.2, 0.25) is 0 Å². The van der Waals surface area contributed by atoms with Gasteiger partial charge in [0.05, 0.1) is 12.1 Å². The Labute approximate surface area is 176 Å². The summed E-state index contributed by atoms with van der Waals surface area (Å²) in [5.41, 5.74) is 3.45. The fourth-order valence-electron chi connectivity index (χ4n) is 3.33. The smallest absolute Gasteiger partial charge is 0.254 e. The van der Waals surface area contributed by atoms with E-state index in [9.17, 15) is 4.79 Å². The van der Waals surface area contributed by atoms with Crippen molar-refractivity contribution in [1.82, 2.24) is 14.9 Å². The highest BCUT2D eigenvalue weighted by molar-refractivity contribution is 5.94. The summed E-state index contributed by atoms with van der Waals surface area (Å²) in [7, 11) is 1.76. The zero-order valence-corrected chi connectivity index (χ0v) is 17.1. The predicted molar refractivity (Wildman–Crippen MR) is 117 cm³/mol. The van der Waals surface area contributed by atoms with Crippen molar-refractivity contribution in [3.63, 3.8) is 0 Å². The molecule has 0 aliphatic heterocycles. The van der Waals surface area contributed by atoms with Crippen molar-refractivity contribution in [1.29, 1.82) is 0 Å².